The van der Waals surface area contributed by atoms with E-state index in [1.54, 1.807) is 0 Å². The molecule has 8 nitrogen and oxygen atoms in total. The van der Waals surface area contributed by atoms with Gasteiger partial charge in [-0.05, 0) is 129 Å². The Morgan fingerprint density at radius 3 is 2.23 bits per heavy atom. The number of likely N-dealkylation sites (N-methyl/N-ethyl adjacent to an activating group) is 1. The van der Waals surface area contributed by atoms with E-state index in [-0.39, 0.29) is 37.2 Å². The van der Waals surface area contributed by atoms with Crippen LogP contribution in [0.15, 0.2) is 0 Å². The normalized spacial score (nSPS) is 36.3. The molecule has 11 atom stereocenters. The lowest BCUT2D eigenvalue weighted by Gasteiger charge is -2.61. The Morgan fingerprint density at radius 1 is 0.915 bits per heavy atom. The topological polar surface area (TPSA) is 112 Å². The molecule has 5 unspecified atom stereocenters. The first-order valence-corrected chi connectivity index (χ1v) is 20.6. The van der Waals surface area contributed by atoms with Crippen molar-refractivity contribution >= 4 is 13.8 Å². The van der Waals surface area contributed by atoms with Crippen molar-refractivity contribution in [3.05, 3.63) is 0 Å². The Morgan fingerprint density at radius 2 is 1.57 bits per heavy atom. The van der Waals surface area contributed by atoms with Gasteiger partial charge in [0.1, 0.15) is 19.3 Å². The number of carbonyl (C=O) groups is 1. The second-order valence-electron chi connectivity index (χ2n) is 18.0. The number of fused-ring (bicyclic) bond motifs is 5. The number of hydrogen-bond acceptors (Lipinski definition) is 6. The van der Waals surface area contributed by atoms with Crippen molar-refractivity contribution < 1.29 is 38.0 Å². The fourth-order valence-corrected chi connectivity index (χ4v) is 11.8. The number of ether oxygens (including phenoxy) is 1. The van der Waals surface area contributed by atoms with E-state index in [4.69, 9.17) is 13.8 Å². The van der Waals surface area contributed by atoms with Gasteiger partial charge in [-0.2, -0.15) is 0 Å². The van der Waals surface area contributed by atoms with Gasteiger partial charge in [-0.1, -0.05) is 54.4 Å². The second kappa shape index (κ2) is 16.7. The van der Waals surface area contributed by atoms with Crippen LogP contribution in [-0.4, -0.2) is 67.8 Å². The lowest BCUT2D eigenvalue weighted by atomic mass is 9.44. The summed E-state index contributed by atoms with van der Waals surface area (Å²) in [5, 5.41) is 0. The molecule has 0 aromatic heterocycles. The second-order valence-corrected chi connectivity index (χ2v) is 19.4. The Kier molecular flexibility index (Phi) is 14.5. The lowest BCUT2D eigenvalue weighted by Crippen LogP contribution is -2.54. The number of rotatable bonds is 16. The third-order valence-corrected chi connectivity index (χ3v) is 14.9. The van der Waals surface area contributed by atoms with Crippen molar-refractivity contribution in [3.63, 3.8) is 0 Å². The van der Waals surface area contributed by atoms with Crippen LogP contribution in [0.2, 0.25) is 0 Å². The molecular formula is C38H72NO7P. The van der Waals surface area contributed by atoms with Gasteiger partial charge in [0.05, 0.1) is 27.7 Å². The number of carbonyl (C=O) groups excluding carboxylic acids is 1. The highest BCUT2D eigenvalue weighted by Gasteiger charge is 2.60. The number of nitrogens with zero attached hydrogens (tertiary/aromatic N) is 1. The van der Waals surface area contributed by atoms with Crippen molar-refractivity contribution in [2.45, 2.75) is 138 Å². The summed E-state index contributed by atoms with van der Waals surface area (Å²) in [5.74, 6) is 6.38. The molecule has 4 rings (SSSR count). The fourth-order valence-electron chi connectivity index (χ4n) is 11.1. The van der Waals surface area contributed by atoms with Crippen LogP contribution in [0, 0.1) is 58.2 Å². The van der Waals surface area contributed by atoms with Gasteiger partial charge in [-0.15, -0.1) is 0 Å². The molecule has 0 heterocycles. The van der Waals surface area contributed by atoms with E-state index in [0.29, 0.717) is 34.2 Å². The number of phosphoric acid groups is 1. The molecule has 0 spiro atoms. The van der Waals surface area contributed by atoms with Crippen LogP contribution in [0.4, 0.5) is 0 Å². The molecule has 0 aromatic carbocycles. The maximum atomic E-state index is 12.7. The van der Waals surface area contributed by atoms with Gasteiger partial charge < -0.3 is 19.6 Å². The van der Waals surface area contributed by atoms with Crippen LogP contribution in [0.3, 0.4) is 0 Å². The highest BCUT2D eigenvalue weighted by atomic mass is 31.2. The van der Waals surface area contributed by atoms with Gasteiger partial charge in [0.15, 0.2) is 0 Å². The summed E-state index contributed by atoms with van der Waals surface area (Å²) < 4.78 is 28.9. The summed E-state index contributed by atoms with van der Waals surface area (Å²) in [7, 11) is 1.86. The first-order valence-electron chi connectivity index (χ1n) is 19.1. The van der Waals surface area contributed by atoms with Gasteiger partial charge in [-0.25, -0.2) is 4.57 Å². The summed E-state index contributed by atoms with van der Waals surface area (Å²) in [6.07, 6.45) is 16.0. The van der Waals surface area contributed by atoms with Crippen LogP contribution in [0.5, 0.6) is 0 Å². The van der Waals surface area contributed by atoms with Crippen molar-refractivity contribution in [2.24, 2.45) is 58.2 Å². The molecule has 0 aliphatic heterocycles. The maximum Gasteiger partial charge on any atom is 0.472 e. The van der Waals surface area contributed by atoms with Gasteiger partial charge >= 0.3 is 13.8 Å². The van der Waals surface area contributed by atoms with Gasteiger partial charge in [0.25, 0.3) is 0 Å². The zero-order chi connectivity index (χ0) is 33.9. The molecular weight excluding hydrogens is 613 g/mol. The van der Waals surface area contributed by atoms with Gasteiger partial charge in [-0.3, -0.25) is 13.8 Å². The minimum Gasteiger partial charge on any atom is -0.870 e. The van der Waals surface area contributed by atoms with Crippen LogP contribution in [0.25, 0.3) is 0 Å². The van der Waals surface area contributed by atoms with E-state index in [0.717, 1.165) is 60.7 Å². The SMILES string of the molecule is CC[C@H](CC[C@@H](C)[C@H]1CCC2C3CCC4C[C@@H](OC(=O)CCCOP(=O)(O)OCC[N+](C)(C)C)CC[C@]4(C)C3CC[C@@]21C)C(C)C.[OH-]. The van der Waals surface area contributed by atoms with Gasteiger partial charge in [0.2, 0.25) is 0 Å². The largest absolute Gasteiger partial charge is 0.870 e. The fraction of sp³-hybridized carbons (Fsp3) is 0.974. The molecule has 4 fully saturated rings. The van der Waals surface area contributed by atoms with Crippen molar-refractivity contribution in [1.29, 1.82) is 0 Å². The Hall–Kier alpha value is -0.500. The summed E-state index contributed by atoms with van der Waals surface area (Å²) in [4.78, 5) is 22.6. The molecule has 0 aromatic rings. The average Bonchev–Trinajstić information content (AvgIpc) is 3.32. The van der Waals surface area contributed by atoms with Crippen LogP contribution >= 0.6 is 7.82 Å². The Balaban J connectivity index is 0.00000600. The van der Waals surface area contributed by atoms with E-state index in [9.17, 15) is 14.3 Å². The smallest absolute Gasteiger partial charge is 0.472 e. The predicted octanol–water partition coefficient (Wildman–Crippen LogP) is 9.10. The number of quaternary nitrogens is 1. The van der Waals surface area contributed by atoms with E-state index in [1.165, 1.54) is 57.8 Å². The third kappa shape index (κ3) is 10.1. The van der Waals surface area contributed by atoms with Gasteiger partial charge in [0, 0.05) is 6.42 Å². The maximum absolute atomic E-state index is 12.7. The zero-order valence-electron chi connectivity index (χ0n) is 31.5. The molecule has 0 radical (unpaired) electrons. The summed E-state index contributed by atoms with van der Waals surface area (Å²) >= 11 is 0. The first-order chi connectivity index (χ1) is 21.5. The molecule has 0 amide bonds. The van der Waals surface area contributed by atoms with E-state index < -0.39 is 7.82 Å². The molecule has 0 saturated heterocycles. The molecule has 4 aliphatic carbocycles. The van der Waals surface area contributed by atoms with E-state index >= 15 is 0 Å². The monoisotopic (exact) mass is 686 g/mol. The molecule has 276 valence electrons. The zero-order valence-corrected chi connectivity index (χ0v) is 32.4. The summed E-state index contributed by atoms with van der Waals surface area (Å²) in [6, 6.07) is 0. The van der Waals surface area contributed by atoms with E-state index in [1.807, 2.05) is 21.1 Å². The first kappa shape index (κ1) is 40.9. The minimum atomic E-state index is -4.10. The van der Waals surface area contributed by atoms with Crippen LogP contribution in [0.1, 0.15) is 131 Å². The lowest BCUT2D eigenvalue weighted by molar-refractivity contribution is -0.870. The van der Waals surface area contributed by atoms with Crippen molar-refractivity contribution in [1.82, 2.24) is 0 Å². The van der Waals surface area contributed by atoms with Crippen molar-refractivity contribution in [2.75, 3.05) is 40.9 Å². The molecule has 9 heteroatoms. The molecule has 0 bridgehead atoms. The van der Waals surface area contributed by atoms with E-state index in [2.05, 4.69) is 41.5 Å². The molecule has 4 saturated carbocycles. The Labute approximate surface area is 288 Å². The molecule has 47 heavy (non-hydrogen) atoms. The third-order valence-electron chi connectivity index (χ3n) is 13.9. The van der Waals surface area contributed by atoms with Crippen molar-refractivity contribution in [3.8, 4) is 0 Å². The standard InChI is InChI=1S/C38H70NO6P.H2O/c1-10-29(27(2)3)14-13-28(4)33-17-18-34-32-16-15-30-26-31(19-21-37(30,5)35(32)20-22-38(33,34)6)45-36(40)12-11-24-43-46(41,42)44-25-23-39(7,8)9;/h27-35H,10-26H2,1-9H3;1H2/t28-,29-,30?,31+,32?,33-,34?,35?,37+,38-;/m1./s1. The highest BCUT2D eigenvalue weighted by molar-refractivity contribution is 7.47. The number of hydrogen-bond donors (Lipinski definition) is 1. The van der Waals surface area contributed by atoms with Crippen LogP contribution < -0.4 is 0 Å². The quantitative estimate of drug-likeness (QED) is 0.0747. The minimum absolute atomic E-state index is 0. The average molecular weight is 686 g/mol. The molecule has 4 aliphatic rings. The Bertz CT molecular complexity index is 1050. The number of phosphoric ester groups is 1. The predicted molar refractivity (Wildman–Crippen MR) is 188 cm³/mol. The van der Waals surface area contributed by atoms with Crippen LogP contribution in [-0.2, 0) is 23.1 Å². The summed E-state index contributed by atoms with van der Waals surface area (Å²) in [5.41, 5.74) is 0.881. The summed E-state index contributed by atoms with van der Waals surface area (Å²) in [6.45, 7) is 15.8. The highest BCUT2D eigenvalue weighted by Crippen LogP contribution is 2.68. The molecule has 2 N–H and O–H groups in total. The number of esters is 1.